The fraction of sp³-hybridized carbons (Fsp3) is 1.00. The number of rotatable bonds is 2. The second-order valence-corrected chi connectivity index (χ2v) is 6.83. The maximum absolute atomic E-state index is 11.1. The van der Waals surface area contributed by atoms with Crippen molar-refractivity contribution in [2.45, 2.75) is 13.8 Å². The average Bonchev–Trinajstić information content (AvgIpc) is 1.68. The molecule has 0 bridgehead atoms. The van der Waals surface area contributed by atoms with Gasteiger partial charge >= 0.3 is 0 Å². The van der Waals surface area contributed by atoms with E-state index in [2.05, 4.69) is 0 Å². The molecule has 0 aromatic carbocycles. The molecule has 0 aromatic rings. The molecule has 8 heavy (non-hydrogen) atoms. The molecule has 1 N–H and O–H groups in total. The molecule has 0 heterocycles. The van der Waals surface area contributed by atoms with E-state index in [0.717, 1.165) is 0 Å². The molecule has 0 unspecified atom stereocenters. The zero-order chi connectivity index (χ0) is 6.86. The van der Waals surface area contributed by atoms with Crippen LogP contribution in [0.3, 0.4) is 0 Å². The van der Waals surface area contributed by atoms with Gasteiger partial charge in [-0.05, 0) is 13.8 Å². The van der Waals surface area contributed by atoms with Crippen LogP contribution in [0.1, 0.15) is 13.8 Å². The quantitative estimate of drug-likeness (QED) is 0.617. The van der Waals surface area contributed by atoms with Crippen LogP contribution < -0.4 is 0 Å². The maximum atomic E-state index is 11.1. The zero-order valence-electron chi connectivity index (χ0n) is 5.68. The van der Waals surface area contributed by atoms with Gasteiger partial charge in [0.1, 0.15) is 0 Å². The minimum Gasteiger partial charge on any atom is -0.303 e. The fourth-order valence-electron chi connectivity index (χ4n) is 0.204. The van der Waals surface area contributed by atoms with Gasteiger partial charge in [-0.1, -0.05) is 0 Å². The topological polar surface area (TPSA) is 37.3 Å². The first-order chi connectivity index (χ1) is 3.39. The summed E-state index contributed by atoms with van der Waals surface area (Å²) >= 11 is 0. The van der Waals surface area contributed by atoms with Gasteiger partial charge in [0.05, 0.1) is 0 Å². The molecule has 0 spiro atoms. The van der Waals surface area contributed by atoms with Crippen molar-refractivity contribution in [3.8, 4) is 0 Å². The molecule has 3 heteroatoms. The highest BCUT2D eigenvalue weighted by atomic mass is 32.3. The normalized spacial score (nSPS) is 17.2. The Kier molecular flexibility index (Phi) is 1.83. The van der Waals surface area contributed by atoms with Gasteiger partial charge in [-0.25, -0.2) is 4.21 Å². The van der Waals surface area contributed by atoms with Gasteiger partial charge in [0, 0.05) is 17.8 Å². The van der Waals surface area contributed by atoms with Crippen LogP contribution >= 0.6 is 0 Å². The van der Waals surface area contributed by atoms with Gasteiger partial charge in [-0.15, -0.1) is 0 Å². The van der Waals surface area contributed by atoms with Crippen LogP contribution in [0.25, 0.3) is 0 Å². The number of hydrogen-bond acceptors (Lipinski definition) is 1. The van der Waals surface area contributed by atoms with Gasteiger partial charge in [0.25, 0.3) is 0 Å². The Morgan fingerprint density at radius 1 is 1.38 bits per heavy atom. The Labute approximate surface area is 50.5 Å². The number of hydrogen-bond donors (Lipinski definition) is 1. The van der Waals surface area contributed by atoms with Crippen LogP contribution in [0.2, 0.25) is 0 Å². The third-order valence-corrected chi connectivity index (χ3v) is 4.44. The first kappa shape index (κ1) is 8.11. The SMILES string of the molecule is CCS(C)(=O)(O)CC. The molecule has 0 saturated heterocycles. The molecule has 0 aromatic heterocycles. The van der Waals surface area contributed by atoms with Crippen LogP contribution in [0.15, 0.2) is 0 Å². The predicted octanol–water partition coefficient (Wildman–Crippen LogP) is 0.949. The van der Waals surface area contributed by atoms with E-state index in [-0.39, 0.29) is 0 Å². The summed E-state index contributed by atoms with van der Waals surface area (Å²) in [5.74, 6) is 0.737. The Hall–Kier alpha value is 0.110. The molecule has 0 aliphatic carbocycles. The predicted molar refractivity (Wildman–Crippen MR) is 37.8 cm³/mol. The first-order valence-corrected chi connectivity index (χ1v) is 5.42. The molecule has 52 valence electrons. The molecule has 0 aliphatic heterocycles. The molecule has 0 amide bonds. The van der Waals surface area contributed by atoms with Crippen LogP contribution in [0, 0.1) is 0 Å². The Morgan fingerprint density at radius 3 is 1.62 bits per heavy atom. The second-order valence-electron chi connectivity index (χ2n) is 2.28. The van der Waals surface area contributed by atoms with Crippen molar-refractivity contribution in [1.29, 1.82) is 0 Å². The lowest BCUT2D eigenvalue weighted by molar-refractivity contribution is 0.522. The van der Waals surface area contributed by atoms with Gasteiger partial charge in [-0.3, -0.25) is 0 Å². The van der Waals surface area contributed by atoms with E-state index < -0.39 is 9.35 Å². The highest BCUT2D eigenvalue weighted by Gasteiger charge is 2.13. The van der Waals surface area contributed by atoms with Crippen molar-refractivity contribution < 1.29 is 8.76 Å². The molecule has 0 radical (unpaired) electrons. The Balaban J connectivity index is 4.25. The van der Waals surface area contributed by atoms with Crippen LogP contribution in [-0.4, -0.2) is 26.5 Å². The summed E-state index contributed by atoms with van der Waals surface area (Å²) in [6.45, 7) is 3.47. The highest BCUT2D eigenvalue weighted by molar-refractivity contribution is 8.14. The van der Waals surface area contributed by atoms with Gasteiger partial charge < -0.3 is 4.55 Å². The van der Waals surface area contributed by atoms with E-state index in [1.807, 2.05) is 0 Å². The van der Waals surface area contributed by atoms with Crippen LogP contribution in [-0.2, 0) is 9.35 Å². The molecule has 0 atom stereocenters. The van der Waals surface area contributed by atoms with Crippen molar-refractivity contribution in [3.63, 3.8) is 0 Å². The molecule has 0 fully saturated rings. The van der Waals surface area contributed by atoms with E-state index in [1.165, 1.54) is 6.26 Å². The summed E-state index contributed by atoms with van der Waals surface area (Å²) in [5, 5.41) is 0. The summed E-state index contributed by atoms with van der Waals surface area (Å²) in [5.41, 5.74) is 0. The summed E-state index contributed by atoms with van der Waals surface area (Å²) in [6.07, 6.45) is 1.43. The van der Waals surface area contributed by atoms with E-state index in [9.17, 15) is 4.21 Å². The van der Waals surface area contributed by atoms with Gasteiger partial charge in [-0.2, -0.15) is 9.35 Å². The lowest BCUT2D eigenvalue weighted by Crippen LogP contribution is -2.35. The van der Waals surface area contributed by atoms with E-state index in [4.69, 9.17) is 4.55 Å². The molecular formula is C5H14O2S. The summed E-state index contributed by atoms with van der Waals surface area (Å²) < 4.78 is 20.2. The summed E-state index contributed by atoms with van der Waals surface area (Å²) in [7, 11) is -3.13. The lowest BCUT2D eigenvalue weighted by atomic mass is 11.0. The molecule has 0 rings (SSSR count). The zero-order valence-corrected chi connectivity index (χ0v) is 6.49. The second kappa shape index (κ2) is 1.81. The van der Waals surface area contributed by atoms with Crippen molar-refractivity contribution in [3.05, 3.63) is 0 Å². The van der Waals surface area contributed by atoms with Gasteiger partial charge in [0.2, 0.25) is 0 Å². The molecule has 2 nitrogen and oxygen atoms in total. The molecular weight excluding hydrogens is 124 g/mol. The summed E-state index contributed by atoms with van der Waals surface area (Å²) in [4.78, 5) is 0. The fourth-order valence-corrected chi connectivity index (χ4v) is 0.612. The minimum absolute atomic E-state index is 0.369. The van der Waals surface area contributed by atoms with Crippen molar-refractivity contribution in [2.75, 3.05) is 17.8 Å². The van der Waals surface area contributed by atoms with Gasteiger partial charge in [0.15, 0.2) is 0 Å². The van der Waals surface area contributed by atoms with Crippen molar-refractivity contribution in [2.24, 2.45) is 0 Å². The van der Waals surface area contributed by atoms with E-state index in [1.54, 1.807) is 13.8 Å². The van der Waals surface area contributed by atoms with Crippen LogP contribution in [0.4, 0.5) is 0 Å². The van der Waals surface area contributed by atoms with E-state index >= 15 is 0 Å². The lowest BCUT2D eigenvalue weighted by Gasteiger charge is -2.35. The maximum Gasteiger partial charge on any atom is 0.0310 e. The van der Waals surface area contributed by atoms with Crippen molar-refractivity contribution >= 4 is 9.35 Å². The molecule has 0 saturated carbocycles. The highest BCUT2D eigenvalue weighted by Crippen LogP contribution is 2.14. The summed E-state index contributed by atoms with van der Waals surface area (Å²) in [6, 6.07) is 0. The molecule has 0 aliphatic rings. The third kappa shape index (κ3) is 2.43. The smallest absolute Gasteiger partial charge is 0.0310 e. The Bertz CT molecular complexity index is 123. The third-order valence-electron chi connectivity index (χ3n) is 1.48. The average molecular weight is 138 g/mol. The van der Waals surface area contributed by atoms with Crippen LogP contribution in [0.5, 0.6) is 0 Å². The first-order valence-electron chi connectivity index (χ1n) is 2.75. The largest absolute Gasteiger partial charge is 0.303 e. The monoisotopic (exact) mass is 138 g/mol. The standard InChI is InChI=1S/C5H14O2S/c1-4-8(3,6,7)5-2/h4-5H2,1-3H3,(H,6,7). The Morgan fingerprint density at radius 2 is 1.62 bits per heavy atom. The minimum atomic E-state index is -3.13. The van der Waals surface area contributed by atoms with E-state index in [0.29, 0.717) is 11.5 Å². The van der Waals surface area contributed by atoms with Crippen molar-refractivity contribution in [1.82, 2.24) is 0 Å².